The van der Waals surface area contributed by atoms with E-state index >= 15 is 0 Å². The first-order chi connectivity index (χ1) is 11.4. The summed E-state index contributed by atoms with van der Waals surface area (Å²) in [5.41, 5.74) is -2.08. The number of aromatic nitrogens is 1. The Morgan fingerprint density at radius 1 is 1.46 bits per heavy atom. The summed E-state index contributed by atoms with van der Waals surface area (Å²) in [5, 5.41) is 26.1. The van der Waals surface area contributed by atoms with Gasteiger partial charge in [0.05, 0.1) is 18.0 Å². The molecule has 2 rings (SSSR count). The smallest absolute Gasteiger partial charge is 0.343 e. The lowest BCUT2D eigenvalue weighted by Gasteiger charge is -2.30. The Morgan fingerprint density at radius 3 is 2.58 bits per heavy atom. The highest BCUT2D eigenvalue weighted by molar-refractivity contribution is 5.82. The van der Waals surface area contributed by atoms with Crippen LogP contribution in [0.1, 0.15) is 36.8 Å². The highest BCUT2D eigenvalue weighted by atomic mass is 16.6. The summed E-state index contributed by atoms with van der Waals surface area (Å²) in [6.07, 6.45) is 0.286. The zero-order valence-electron chi connectivity index (χ0n) is 13.6. The van der Waals surface area contributed by atoms with E-state index in [9.17, 15) is 20.0 Å². The van der Waals surface area contributed by atoms with Crippen LogP contribution in [0.15, 0.2) is 34.9 Å². The maximum absolute atomic E-state index is 12.3. The molecule has 0 aliphatic carbocycles. The summed E-state index contributed by atoms with van der Waals surface area (Å²) in [4.78, 5) is 23.1. The number of hydrogen-bond donors (Lipinski definition) is 1. The molecule has 0 radical (unpaired) electrons. The van der Waals surface area contributed by atoms with Crippen molar-refractivity contribution >= 4 is 11.7 Å². The molecule has 1 heterocycles. The van der Waals surface area contributed by atoms with Crippen molar-refractivity contribution in [3.8, 4) is 0 Å². The molecule has 24 heavy (non-hydrogen) atoms. The Kier molecular flexibility index (Phi) is 4.99. The van der Waals surface area contributed by atoms with Gasteiger partial charge in [0.1, 0.15) is 0 Å². The van der Waals surface area contributed by atoms with Crippen molar-refractivity contribution in [3.63, 3.8) is 0 Å². The molecule has 0 bridgehead atoms. The number of aryl methyl sites for hydroxylation is 1. The Morgan fingerprint density at radius 2 is 2.08 bits per heavy atom. The van der Waals surface area contributed by atoms with Crippen LogP contribution in [0.5, 0.6) is 0 Å². The predicted octanol–water partition coefficient (Wildman–Crippen LogP) is 2.31. The standard InChI is InChI=1S/C16H18N2O6/c1-4-12-13(18(21)22)14(24-17-12)10(2)16(20,15(19)23-3)11-8-6-5-7-9-11/h5-10,20H,4H2,1-3H3. The lowest BCUT2D eigenvalue weighted by Crippen LogP contribution is -2.41. The number of nitro groups is 1. The van der Waals surface area contributed by atoms with E-state index in [0.717, 1.165) is 7.11 Å². The average molecular weight is 334 g/mol. The minimum atomic E-state index is -2.15. The summed E-state index contributed by atoms with van der Waals surface area (Å²) in [5.74, 6) is -2.20. The van der Waals surface area contributed by atoms with Gasteiger partial charge in [0.25, 0.3) is 0 Å². The number of aliphatic hydroxyl groups is 1. The van der Waals surface area contributed by atoms with Gasteiger partial charge in [0, 0.05) is 0 Å². The molecule has 0 spiro atoms. The molecule has 1 aromatic carbocycles. The van der Waals surface area contributed by atoms with E-state index < -0.39 is 22.4 Å². The molecular formula is C16H18N2O6. The van der Waals surface area contributed by atoms with E-state index in [1.165, 1.54) is 19.1 Å². The number of ether oxygens (including phenoxy) is 1. The SMILES string of the molecule is CCc1noc(C(C)C(O)(C(=O)OC)c2ccccc2)c1[N+](=O)[O-]. The highest BCUT2D eigenvalue weighted by Gasteiger charge is 2.50. The number of rotatable bonds is 6. The van der Waals surface area contributed by atoms with E-state index in [1.54, 1.807) is 25.1 Å². The quantitative estimate of drug-likeness (QED) is 0.489. The topological polar surface area (TPSA) is 116 Å². The normalized spacial score (nSPS) is 14.7. The molecule has 2 atom stereocenters. The Hall–Kier alpha value is -2.74. The fourth-order valence-corrected chi connectivity index (χ4v) is 2.63. The van der Waals surface area contributed by atoms with Crippen LogP contribution in [0.2, 0.25) is 0 Å². The van der Waals surface area contributed by atoms with Gasteiger partial charge >= 0.3 is 11.7 Å². The molecule has 0 amide bonds. The van der Waals surface area contributed by atoms with Crippen molar-refractivity contribution in [1.82, 2.24) is 5.16 Å². The first-order valence-corrected chi connectivity index (χ1v) is 7.37. The molecule has 0 aliphatic heterocycles. The lowest BCUT2D eigenvalue weighted by atomic mass is 9.80. The molecule has 1 N–H and O–H groups in total. The molecular weight excluding hydrogens is 316 g/mol. The van der Waals surface area contributed by atoms with Crippen LogP contribution in [-0.2, 0) is 21.6 Å². The number of hydrogen-bond acceptors (Lipinski definition) is 7. The fraction of sp³-hybridized carbons (Fsp3) is 0.375. The Bertz CT molecular complexity index is 742. The third kappa shape index (κ3) is 2.76. The van der Waals surface area contributed by atoms with Crippen molar-refractivity contribution in [2.24, 2.45) is 0 Å². The summed E-state index contributed by atoms with van der Waals surface area (Å²) < 4.78 is 9.84. The van der Waals surface area contributed by atoms with Crippen LogP contribution in [0.4, 0.5) is 5.69 Å². The molecule has 0 fully saturated rings. The predicted molar refractivity (Wildman–Crippen MR) is 83.3 cm³/mol. The van der Waals surface area contributed by atoms with Gasteiger partial charge in [0.15, 0.2) is 11.3 Å². The van der Waals surface area contributed by atoms with Crippen molar-refractivity contribution in [1.29, 1.82) is 0 Å². The van der Waals surface area contributed by atoms with Gasteiger partial charge in [-0.3, -0.25) is 10.1 Å². The first-order valence-electron chi connectivity index (χ1n) is 7.37. The number of carbonyl (C=O) groups excluding carboxylic acids is 1. The van der Waals surface area contributed by atoms with E-state index in [2.05, 4.69) is 5.16 Å². The van der Waals surface area contributed by atoms with E-state index in [4.69, 9.17) is 9.26 Å². The maximum atomic E-state index is 12.3. The summed E-state index contributed by atoms with van der Waals surface area (Å²) in [6.45, 7) is 3.15. The number of methoxy groups -OCH3 is 1. The minimum Gasteiger partial charge on any atom is -0.467 e. The Balaban J connectivity index is 2.63. The van der Waals surface area contributed by atoms with E-state index in [0.29, 0.717) is 0 Å². The van der Waals surface area contributed by atoms with E-state index in [-0.39, 0.29) is 29.1 Å². The van der Waals surface area contributed by atoms with Gasteiger partial charge in [0.2, 0.25) is 5.76 Å². The van der Waals surface area contributed by atoms with E-state index in [1.807, 2.05) is 0 Å². The third-order valence-corrected chi connectivity index (χ3v) is 4.01. The summed E-state index contributed by atoms with van der Waals surface area (Å²) in [7, 11) is 1.13. The van der Waals surface area contributed by atoms with Crippen molar-refractivity contribution < 1.29 is 24.1 Å². The van der Waals surface area contributed by atoms with Crippen molar-refractivity contribution in [2.45, 2.75) is 31.8 Å². The van der Waals surface area contributed by atoms with Gasteiger partial charge in [-0.2, -0.15) is 0 Å². The number of benzene rings is 1. The number of esters is 1. The van der Waals surface area contributed by atoms with Crippen LogP contribution in [0, 0.1) is 10.1 Å². The average Bonchev–Trinajstić information content (AvgIpc) is 3.04. The second-order valence-corrected chi connectivity index (χ2v) is 5.30. The second-order valence-electron chi connectivity index (χ2n) is 5.30. The monoisotopic (exact) mass is 334 g/mol. The van der Waals surface area contributed by atoms with Gasteiger partial charge in [-0.05, 0) is 12.0 Å². The zero-order valence-corrected chi connectivity index (χ0v) is 13.6. The van der Waals surface area contributed by atoms with Crippen LogP contribution >= 0.6 is 0 Å². The maximum Gasteiger partial charge on any atom is 0.343 e. The molecule has 8 heteroatoms. The van der Waals surface area contributed by atoms with Crippen molar-refractivity contribution in [3.05, 3.63) is 57.5 Å². The minimum absolute atomic E-state index is 0.155. The molecule has 0 saturated heterocycles. The van der Waals surface area contributed by atoms with Gasteiger partial charge in [-0.25, -0.2) is 4.79 Å². The number of carbonyl (C=O) groups is 1. The molecule has 1 aromatic heterocycles. The van der Waals surface area contributed by atoms with Gasteiger partial charge in [-0.15, -0.1) is 0 Å². The molecule has 2 aromatic rings. The molecule has 2 unspecified atom stereocenters. The molecule has 0 saturated carbocycles. The van der Waals surface area contributed by atoms with Crippen LogP contribution < -0.4 is 0 Å². The molecule has 0 aliphatic rings. The largest absolute Gasteiger partial charge is 0.467 e. The zero-order chi connectivity index (χ0) is 17.9. The Labute approximate surface area is 138 Å². The lowest BCUT2D eigenvalue weighted by molar-refractivity contribution is -0.387. The molecule has 128 valence electrons. The number of nitrogens with zero attached hydrogens (tertiary/aromatic N) is 2. The second kappa shape index (κ2) is 6.79. The third-order valence-electron chi connectivity index (χ3n) is 4.01. The van der Waals surface area contributed by atoms with Crippen molar-refractivity contribution in [2.75, 3.05) is 7.11 Å². The van der Waals surface area contributed by atoms with Crippen LogP contribution in [-0.4, -0.2) is 28.3 Å². The summed E-state index contributed by atoms with van der Waals surface area (Å²) >= 11 is 0. The van der Waals surface area contributed by atoms with Gasteiger partial charge in [-0.1, -0.05) is 49.3 Å². The molecule has 8 nitrogen and oxygen atoms in total. The summed E-state index contributed by atoms with van der Waals surface area (Å²) in [6, 6.07) is 8.08. The van der Waals surface area contributed by atoms with Crippen LogP contribution in [0.25, 0.3) is 0 Å². The van der Waals surface area contributed by atoms with Crippen LogP contribution in [0.3, 0.4) is 0 Å². The van der Waals surface area contributed by atoms with Gasteiger partial charge < -0.3 is 14.4 Å². The first kappa shape index (κ1) is 17.6. The highest BCUT2D eigenvalue weighted by Crippen LogP contribution is 2.42. The fourth-order valence-electron chi connectivity index (χ4n) is 2.63.